The standard InChI is InChI=1S/C15H17NO.ClH/c1-10(2)9-13(16)15-12-6-4-3-5-11(12)7-8-14(15)17;/h3-8,13,17H,1,9,16H2,2H3;1H/t13-;/m0./s1. The van der Waals surface area contributed by atoms with Crippen molar-refractivity contribution in [1.29, 1.82) is 0 Å². The molecule has 3 N–H and O–H groups in total. The first-order chi connectivity index (χ1) is 8.09. The summed E-state index contributed by atoms with van der Waals surface area (Å²) < 4.78 is 0. The Labute approximate surface area is 114 Å². The smallest absolute Gasteiger partial charge is 0.120 e. The molecule has 2 nitrogen and oxygen atoms in total. The van der Waals surface area contributed by atoms with Crippen LogP contribution in [0.25, 0.3) is 10.8 Å². The van der Waals surface area contributed by atoms with E-state index in [0.717, 1.165) is 21.9 Å². The molecule has 2 rings (SSSR count). The normalized spacial score (nSPS) is 11.9. The van der Waals surface area contributed by atoms with Crippen molar-refractivity contribution in [2.45, 2.75) is 19.4 Å². The fraction of sp³-hybridized carbons (Fsp3) is 0.200. The molecule has 0 aliphatic rings. The summed E-state index contributed by atoms with van der Waals surface area (Å²) in [5, 5.41) is 12.1. The zero-order valence-corrected chi connectivity index (χ0v) is 11.2. The van der Waals surface area contributed by atoms with Crippen LogP contribution in [0.15, 0.2) is 48.6 Å². The Morgan fingerprint density at radius 3 is 2.61 bits per heavy atom. The third-order valence-electron chi connectivity index (χ3n) is 2.89. The van der Waals surface area contributed by atoms with Crippen molar-refractivity contribution in [3.8, 4) is 5.75 Å². The van der Waals surface area contributed by atoms with E-state index in [-0.39, 0.29) is 24.2 Å². The third kappa shape index (κ3) is 2.84. The topological polar surface area (TPSA) is 46.2 Å². The quantitative estimate of drug-likeness (QED) is 0.824. The number of phenolic OH excluding ortho intramolecular Hbond substituents is 1. The number of benzene rings is 2. The summed E-state index contributed by atoms with van der Waals surface area (Å²) in [4.78, 5) is 0. The van der Waals surface area contributed by atoms with Crippen LogP contribution in [0.5, 0.6) is 5.75 Å². The number of phenols is 1. The van der Waals surface area contributed by atoms with Crippen molar-refractivity contribution < 1.29 is 5.11 Å². The number of hydrogen-bond acceptors (Lipinski definition) is 2. The van der Waals surface area contributed by atoms with Crippen LogP contribution in [0, 0.1) is 0 Å². The highest BCUT2D eigenvalue weighted by Crippen LogP contribution is 2.33. The van der Waals surface area contributed by atoms with Crippen LogP contribution in [-0.2, 0) is 0 Å². The van der Waals surface area contributed by atoms with Gasteiger partial charge in [0.15, 0.2) is 0 Å². The van der Waals surface area contributed by atoms with Gasteiger partial charge in [-0.2, -0.15) is 0 Å². The van der Waals surface area contributed by atoms with Crippen molar-refractivity contribution in [3.63, 3.8) is 0 Å². The monoisotopic (exact) mass is 263 g/mol. The lowest BCUT2D eigenvalue weighted by atomic mass is 9.94. The Balaban J connectivity index is 0.00000162. The predicted octanol–water partition coefficient (Wildman–Crippen LogP) is 3.93. The van der Waals surface area contributed by atoms with E-state index in [1.165, 1.54) is 0 Å². The molecule has 3 heteroatoms. The highest BCUT2D eigenvalue weighted by atomic mass is 35.5. The summed E-state index contributed by atoms with van der Waals surface area (Å²) in [5.41, 5.74) is 7.97. The molecule has 0 unspecified atom stereocenters. The molecule has 0 heterocycles. The van der Waals surface area contributed by atoms with Gasteiger partial charge in [-0.3, -0.25) is 0 Å². The van der Waals surface area contributed by atoms with E-state index in [2.05, 4.69) is 6.58 Å². The van der Waals surface area contributed by atoms with Gasteiger partial charge in [-0.1, -0.05) is 35.9 Å². The van der Waals surface area contributed by atoms with Crippen LogP contribution < -0.4 is 5.73 Å². The Hall–Kier alpha value is -1.51. The zero-order chi connectivity index (χ0) is 12.4. The number of rotatable bonds is 3. The molecule has 0 saturated heterocycles. The van der Waals surface area contributed by atoms with Crippen LogP contribution in [-0.4, -0.2) is 5.11 Å². The number of nitrogens with two attached hydrogens (primary N) is 1. The minimum Gasteiger partial charge on any atom is -0.508 e. The van der Waals surface area contributed by atoms with Crippen LogP contribution in [0.4, 0.5) is 0 Å². The van der Waals surface area contributed by atoms with Crippen molar-refractivity contribution in [2.75, 3.05) is 0 Å². The Kier molecular flexibility index (Phi) is 4.76. The average molecular weight is 264 g/mol. The Bertz CT molecular complexity index is 565. The van der Waals surface area contributed by atoms with E-state index < -0.39 is 0 Å². The van der Waals surface area contributed by atoms with Gasteiger partial charge in [-0.25, -0.2) is 0 Å². The van der Waals surface area contributed by atoms with E-state index in [4.69, 9.17) is 5.73 Å². The third-order valence-corrected chi connectivity index (χ3v) is 2.89. The van der Waals surface area contributed by atoms with Gasteiger partial charge in [0.1, 0.15) is 5.75 Å². The van der Waals surface area contributed by atoms with E-state index >= 15 is 0 Å². The molecule has 0 bridgehead atoms. The largest absolute Gasteiger partial charge is 0.508 e. The number of hydrogen-bond donors (Lipinski definition) is 2. The number of halogens is 1. The zero-order valence-electron chi connectivity index (χ0n) is 10.4. The first kappa shape index (κ1) is 14.6. The Morgan fingerprint density at radius 2 is 1.94 bits per heavy atom. The minimum absolute atomic E-state index is 0. The van der Waals surface area contributed by atoms with Gasteiger partial charge >= 0.3 is 0 Å². The summed E-state index contributed by atoms with van der Waals surface area (Å²) in [7, 11) is 0. The lowest BCUT2D eigenvalue weighted by Crippen LogP contribution is -2.11. The summed E-state index contributed by atoms with van der Waals surface area (Å²) in [6.07, 6.45) is 0.682. The molecule has 0 fully saturated rings. The first-order valence-corrected chi connectivity index (χ1v) is 5.70. The van der Waals surface area contributed by atoms with Gasteiger partial charge in [-0.05, 0) is 30.2 Å². The molecule has 0 aliphatic heterocycles. The molecular weight excluding hydrogens is 246 g/mol. The van der Waals surface area contributed by atoms with Crippen molar-refractivity contribution in [2.24, 2.45) is 5.73 Å². The number of aromatic hydroxyl groups is 1. The molecule has 0 radical (unpaired) electrons. The molecular formula is C15H18ClNO. The second-order valence-corrected chi connectivity index (χ2v) is 4.49. The molecule has 0 saturated carbocycles. The second-order valence-electron chi connectivity index (χ2n) is 4.49. The van der Waals surface area contributed by atoms with Gasteiger partial charge in [0.2, 0.25) is 0 Å². The van der Waals surface area contributed by atoms with Gasteiger partial charge in [0.25, 0.3) is 0 Å². The second kappa shape index (κ2) is 5.89. The van der Waals surface area contributed by atoms with Crippen LogP contribution >= 0.6 is 12.4 Å². The maximum absolute atomic E-state index is 9.98. The van der Waals surface area contributed by atoms with Gasteiger partial charge in [0.05, 0.1) is 0 Å². The molecule has 0 aromatic heterocycles. The lowest BCUT2D eigenvalue weighted by molar-refractivity contribution is 0.463. The van der Waals surface area contributed by atoms with Crippen LogP contribution in [0.2, 0.25) is 0 Å². The van der Waals surface area contributed by atoms with Gasteiger partial charge < -0.3 is 10.8 Å². The molecule has 18 heavy (non-hydrogen) atoms. The molecule has 2 aromatic carbocycles. The van der Waals surface area contributed by atoms with Gasteiger partial charge in [-0.15, -0.1) is 19.0 Å². The average Bonchev–Trinajstić information content (AvgIpc) is 2.27. The van der Waals surface area contributed by atoms with Crippen LogP contribution in [0.3, 0.4) is 0 Å². The summed E-state index contributed by atoms with van der Waals surface area (Å²) in [6, 6.07) is 11.3. The molecule has 0 amide bonds. The number of fused-ring (bicyclic) bond motifs is 1. The van der Waals surface area contributed by atoms with Crippen molar-refractivity contribution in [3.05, 3.63) is 54.1 Å². The minimum atomic E-state index is -0.210. The van der Waals surface area contributed by atoms with E-state index in [1.807, 2.05) is 37.3 Å². The Morgan fingerprint density at radius 1 is 1.28 bits per heavy atom. The van der Waals surface area contributed by atoms with E-state index in [9.17, 15) is 5.11 Å². The van der Waals surface area contributed by atoms with E-state index in [0.29, 0.717) is 6.42 Å². The predicted molar refractivity (Wildman–Crippen MR) is 79.2 cm³/mol. The highest BCUT2D eigenvalue weighted by Gasteiger charge is 2.14. The summed E-state index contributed by atoms with van der Waals surface area (Å²) >= 11 is 0. The lowest BCUT2D eigenvalue weighted by Gasteiger charge is -2.16. The molecule has 1 atom stereocenters. The van der Waals surface area contributed by atoms with Gasteiger partial charge in [0, 0.05) is 11.6 Å². The fourth-order valence-electron chi connectivity index (χ4n) is 2.15. The SMILES string of the molecule is C=C(C)C[C@H](N)c1c(O)ccc2ccccc12.Cl. The highest BCUT2D eigenvalue weighted by molar-refractivity contribution is 5.88. The summed E-state index contributed by atoms with van der Waals surface area (Å²) in [5.74, 6) is 0.262. The molecule has 2 aromatic rings. The van der Waals surface area contributed by atoms with Crippen molar-refractivity contribution in [1.82, 2.24) is 0 Å². The maximum Gasteiger partial charge on any atom is 0.120 e. The van der Waals surface area contributed by atoms with E-state index in [1.54, 1.807) is 6.07 Å². The first-order valence-electron chi connectivity index (χ1n) is 5.70. The molecule has 0 aliphatic carbocycles. The van der Waals surface area contributed by atoms with Crippen molar-refractivity contribution >= 4 is 23.2 Å². The molecule has 96 valence electrons. The fourth-order valence-corrected chi connectivity index (χ4v) is 2.15. The summed E-state index contributed by atoms with van der Waals surface area (Å²) in [6.45, 7) is 5.82. The maximum atomic E-state index is 9.98. The van der Waals surface area contributed by atoms with Crippen LogP contribution in [0.1, 0.15) is 24.9 Å². The molecule has 0 spiro atoms.